The van der Waals surface area contributed by atoms with Crippen molar-refractivity contribution in [3.63, 3.8) is 0 Å². The number of ether oxygens (including phenoxy) is 2. The van der Waals surface area contributed by atoms with Crippen molar-refractivity contribution in [2.75, 3.05) is 0 Å². The van der Waals surface area contributed by atoms with Crippen molar-refractivity contribution in [2.24, 2.45) is 0 Å². The van der Waals surface area contributed by atoms with Crippen molar-refractivity contribution >= 4 is 28.7 Å². The molecule has 0 aliphatic heterocycles. The molecule has 48 heavy (non-hydrogen) atoms. The van der Waals surface area contributed by atoms with E-state index >= 15 is 0 Å². The zero-order valence-electron chi connectivity index (χ0n) is 28.9. The smallest absolute Gasteiger partial charge is 0.311 e. The van der Waals surface area contributed by atoms with E-state index in [1.165, 1.54) is 24.3 Å². The van der Waals surface area contributed by atoms with Gasteiger partial charge in [-0.3, -0.25) is 19.2 Å². The topological polar surface area (TPSA) is 140 Å². The molecule has 2 N–H and O–H groups in total. The van der Waals surface area contributed by atoms with Gasteiger partial charge >= 0.3 is 11.9 Å². The Labute approximate surface area is 283 Å². The molecule has 3 rings (SSSR count). The van der Waals surface area contributed by atoms with Crippen molar-refractivity contribution in [1.29, 1.82) is 0 Å². The quantitative estimate of drug-likeness (QED) is 0.0464. The lowest BCUT2D eigenvalue weighted by Crippen LogP contribution is -2.19. The van der Waals surface area contributed by atoms with Gasteiger partial charge in [0.25, 0.3) is 0 Å². The van der Waals surface area contributed by atoms with Crippen molar-refractivity contribution in [3.05, 3.63) is 46.1 Å². The molecule has 3 aromatic rings. The van der Waals surface area contributed by atoms with Gasteiger partial charge in [-0.1, -0.05) is 97.8 Å². The molecule has 0 spiro atoms. The number of ketones is 1. The first-order valence-electron chi connectivity index (χ1n) is 17.8. The standard InChI is InChI=1S/C39H52O9/c1-4-7-10-13-16-19-29(41)34-30(42)26-31-35(38(34)47-32(43)20-17-14-11-8-5-2)36(45)39(48-33(44)21-18-15-12-9-6-3)37(46-31)27-22-24-28(40)25-23-27/h22-26,40,42H,4-21H2,1-3H3. The van der Waals surface area contributed by atoms with Crippen molar-refractivity contribution in [3.8, 4) is 34.3 Å². The average molecular weight is 665 g/mol. The third-order valence-corrected chi connectivity index (χ3v) is 8.39. The summed E-state index contributed by atoms with van der Waals surface area (Å²) >= 11 is 0. The maximum atomic E-state index is 14.3. The Kier molecular flexibility index (Phi) is 16.2. The maximum Gasteiger partial charge on any atom is 0.311 e. The number of hydrogen-bond acceptors (Lipinski definition) is 9. The van der Waals surface area contributed by atoms with Crippen LogP contribution >= 0.6 is 0 Å². The molecule has 2 aromatic carbocycles. The number of rotatable bonds is 22. The summed E-state index contributed by atoms with van der Waals surface area (Å²) in [6, 6.07) is 6.94. The summed E-state index contributed by atoms with van der Waals surface area (Å²) in [5, 5.41) is 20.7. The highest BCUT2D eigenvalue weighted by Gasteiger charge is 2.29. The van der Waals surface area contributed by atoms with E-state index in [4.69, 9.17) is 13.9 Å². The van der Waals surface area contributed by atoms with Gasteiger partial charge in [-0.05, 0) is 43.5 Å². The summed E-state index contributed by atoms with van der Waals surface area (Å²) in [5.74, 6) is -3.17. The SMILES string of the molecule is CCCCCCCC(=O)Oc1c(-c2ccc(O)cc2)oc2cc(O)c(C(=O)CCCCCCC)c(OC(=O)CCCCCCC)c2c1=O. The van der Waals surface area contributed by atoms with E-state index in [0.29, 0.717) is 24.8 Å². The predicted octanol–water partition coefficient (Wildman–Crippen LogP) is 9.95. The van der Waals surface area contributed by atoms with Crippen LogP contribution in [0.4, 0.5) is 0 Å². The Bertz CT molecular complexity index is 1550. The first-order chi connectivity index (χ1) is 23.2. The van der Waals surface area contributed by atoms with Crippen LogP contribution in [0.25, 0.3) is 22.3 Å². The lowest BCUT2D eigenvalue weighted by molar-refractivity contribution is -0.135. The van der Waals surface area contributed by atoms with Gasteiger partial charge in [0.1, 0.15) is 28.0 Å². The second-order valence-corrected chi connectivity index (χ2v) is 12.5. The molecule has 9 heteroatoms. The molecule has 1 heterocycles. The predicted molar refractivity (Wildman–Crippen MR) is 187 cm³/mol. The maximum absolute atomic E-state index is 14.3. The van der Waals surface area contributed by atoms with E-state index in [-0.39, 0.29) is 53.1 Å². The number of unbranched alkanes of at least 4 members (excludes halogenated alkanes) is 12. The fourth-order valence-electron chi connectivity index (χ4n) is 5.65. The second-order valence-electron chi connectivity index (χ2n) is 12.5. The van der Waals surface area contributed by atoms with Crippen LogP contribution in [-0.2, 0) is 9.59 Å². The van der Waals surface area contributed by atoms with Crippen LogP contribution in [0.5, 0.6) is 23.0 Å². The van der Waals surface area contributed by atoms with Crippen LogP contribution in [-0.4, -0.2) is 27.9 Å². The van der Waals surface area contributed by atoms with E-state index < -0.39 is 34.6 Å². The van der Waals surface area contributed by atoms with E-state index in [1.807, 2.05) is 0 Å². The molecule has 0 aliphatic rings. The van der Waals surface area contributed by atoms with E-state index in [2.05, 4.69) is 20.8 Å². The molecule has 262 valence electrons. The number of hydrogen-bond donors (Lipinski definition) is 2. The monoisotopic (exact) mass is 664 g/mol. The molecule has 0 aliphatic carbocycles. The van der Waals surface area contributed by atoms with Crippen LogP contribution in [0.2, 0.25) is 0 Å². The van der Waals surface area contributed by atoms with E-state index in [9.17, 15) is 29.4 Å². The molecule has 0 amide bonds. The van der Waals surface area contributed by atoms with Crippen molar-refractivity contribution in [1.82, 2.24) is 0 Å². The van der Waals surface area contributed by atoms with Crippen LogP contribution < -0.4 is 14.9 Å². The van der Waals surface area contributed by atoms with E-state index in [0.717, 1.165) is 83.1 Å². The molecule has 0 unspecified atom stereocenters. The van der Waals surface area contributed by atoms with Crippen LogP contribution in [0.1, 0.15) is 147 Å². The summed E-state index contributed by atoms with van der Waals surface area (Å²) in [4.78, 5) is 54.1. The number of phenolic OH excluding ortho intramolecular Hbond substituents is 2. The molecular weight excluding hydrogens is 612 g/mol. The van der Waals surface area contributed by atoms with Gasteiger partial charge in [0.05, 0.1) is 0 Å². The second kappa shape index (κ2) is 20.3. The number of Topliss-reactive ketones (excluding diaryl/α,β-unsaturated/α-hetero) is 1. The Hall–Kier alpha value is -4.14. The Morgan fingerprint density at radius 3 is 1.65 bits per heavy atom. The molecule has 0 saturated heterocycles. The Morgan fingerprint density at radius 1 is 0.646 bits per heavy atom. The molecule has 9 nitrogen and oxygen atoms in total. The van der Waals surface area contributed by atoms with Gasteiger partial charge in [-0.25, -0.2) is 0 Å². The molecule has 0 fully saturated rings. The zero-order valence-corrected chi connectivity index (χ0v) is 28.9. The summed E-state index contributed by atoms with van der Waals surface area (Å²) in [6.45, 7) is 6.30. The normalized spacial score (nSPS) is 11.1. The van der Waals surface area contributed by atoms with Crippen molar-refractivity contribution in [2.45, 2.75) is 136 Å². The Balaban J connectivity index is 2.12. The van der Waals surface area contributed by atoms with Gasteiger partial charge in [0.2, 0.25) is 11.2 Å². The van der Waals surface area contributed by atoms with Gasteiger partial charge in [-0.2, -0.15) is 0 Å². The average Bonchev–Trinajstić information content (AvgIpc) is 3.05. The van der Waals surface area contributed by atoms with Gasteiger partial charge < -0.3 is 24.1 Å². The molecule has 0 radical (unpaired) electrons. The van der Waals surface area contributed by atoms with Crippen molar-refractivity contribution < 1.29 is 38.5 Å². The number of phenols is 2. The highest BCUT2D eigenvalue weighted by Crippen LogP contribution is 2.41. The zero-order chi connectivity index (χ0) is 34.9. The minimum absolute atomic E-state index is 0.0214. The van der Waals surface area contributed by atoms with Gasteiger partial charge in [0.15, 0.2) is 17.3 Å². The minimum atomic E-state index is -0.818. The fraction of sp³-hybridized carbons (Fsp3) is 0.538. The molecule has 1 aromatic heterocycles. The summed E-state index contributed by atoms with van der Waals surface area (Å²) in [5.41, 5.74) is -0.906. The van der Waals surface area contributed by atoms with Gasteiger partial charge in [-0.15, -0.1) is 0 Å². The summed E-state index contributed by atoms with van der Waals surface area (Å²) in [7, 11) is 0. The van der Waals surface area contributed by atoms with Crippen LogP contribution in [0, 0.1) is 0 Å². The van der Waals surface area contributed by atoms with Crippen LogP contribution in [0.3, 0.4) is 0 Å². The number of carbonyl (C=O) groups is 3. The first kappa shape index (κ1) is 38.3. The summed E-state index contributed by atoms with van der Waals surface area (Å²) < 4.78 is 17.6. The lowest BCUT2D eigenvalue weighted by atomic mass is 9.99. The largest absolute Gasteiger partial charge is 0.508 e. The van der Waals surface area contributed by atoms with Gasteiger partial charge in [0, 0.05) is 30.9 Å². The van der Waals surface area contributed by atoms with Crippen LogP contribution in [0.15, 0.2) is 39.5 Å². The molecule has 0 saturated carbocycles. The summed E-state index contributed by atoms with van der Waals surface area (Å²) in [6.07, 6.45) is 13.6. The first-order valence-corrected chi connectivity index (χ1v) is 17.8. The lowest BCUT2D eigenvalue weighted by Gasteiger charge is -2.16. The minimum Gasteiger partial charge on any atom is -0.508 e. The third-order valence-electron chi connectivity index (χ3n) is 8.39. The molecular formula is C39H52O9. The molecule has 0 atom stereocenters. The Morgan fingerprint density at radius 2 is 1.12 bits per heavy atom. The number of carbonyl (C=O) groups excluding carboxylic acids is 3. The van der Waals surface area contributed by atoms with E-state index in [1.54, 1.807) is 0 Å². The number of fused-ring (bicyclic) bond motifs is 1. The molecule has 0 bridgehead atoms. The third kappa shape index (κ3) is 11.2. The highest BCUT2D eigenvalue weighted by atomic mass is 16.5. The fourth-order valence-corrected chi connectivity index (χ4v) is 5.65. The number of esters is 2. The number of aromatic hydroxyl groups is 2. The number of benzene rings is 2. The highest BCUT2D eigenvalue weighted by molar-refractivity contribution is 6.08.